The minimum absolute atomic E-state index is 0.0289. The van der Waals surface area contributed by atoms with E-state index in [0.717, 1.165) is 14.8 Å². The number of halogens is 2. The molecular formula is C16H15ClIN3O. The molecule has 1 heterocycles. The second kappa shape index (κ2) is 6.95. The lowest BCUT2D eigenvalue weighted by atomic mass is 10.0. The first kappa shape index (κ1) is 15.7. The average molecular weight is 428 g/mol. The molecule has 22 heavy (non-hydrogen) atoms. The Bertz CT molecular complexity index is 677. The molecule has 2 aromatic rings. The summed E-state index contributed by atoms with van der Waals surface area (Å²) in [5.41, 5.74) is 7.99. The van der Waals surface area contributed by atoms with Crippen molar-refractivity contribution in [1.29, 1.82) is 0 Å². The second-order valence-electron chi connectivity index (χ2n) is 5.15. The Morgan fingerprint density at radius 2 is 1.86 bits per heavy atom. The van der Waals surface area contributed by atoms with Crippen molar-refractivity contribution in [1.82, 2.24) is 10.9 Å². The number of carbonyl (C=O) groups excluding carboxylic acids is 1. The molecule has 0 aliphatic carbocycles. The fraction of sp³-hybridized carbons (Fsp3) is 0.188. The highest BCUT2D eigenvalue weighted by molar-refractivity contribution is 14.1. The first-order valence-electron chi connectivity index (χ1n) is 6.95. The second-order valence-corrected chi connectivity index (χ2v) is 6.80. The first-order valence-corrected chi connectivity index (χ1v) is 8.41. The van der Waals surface area contributed by atoms with Crippen LogP contribution < -0.4 is 16.2 Å². The van der Waals surface area contributed by atoms with Gasteiger partial charge < -0.3 is 5.32 Å². The standard InChI is InChI=1S/C16H15ClIN3O/c17-13-4-2-1-3-12(13)14-9-15(21-20-14)16(22)19-11-7-5-10(18)6-8-11/h1-8,14-15,20-21H,9H2,(H,19,22). The Morgan fingerprint density at radius 3 is 2.59 bits per heavy atom. The topological polar surface area (TPSA) is 53.2 Å². The zero-order valence-electron chi connectivity index (χ0n) is 11.6. The molecule has 1 saturated heterocycles. The van der Waals surface area contributed by atoms with Crippen molar-refractivity contribution < 1.29 is 4.79 Å². The molecule has 2 unspecified atom stereocenters. The first-order chi connectivity index (χ1) is 10.6. The highest BCUT2D eigenvalue weighted by Crippen LogP contribution is 2.28. The van der Waals surface area contributed by atoms with Crippen LogP contribution in [0.15, 0.2) is 48.5 Å². The number of anilines is 1. The van der Waals surface area contributed by atoms with Gasteiger partial charge in [0.1, 0.15) is 6.04 Å². The van der Waals surface area contributed by atoms with Crippen LogP contribution in [0, 0.1) is 3.57 Å². The van der Waals surface area contributed by atoms with E-state index >= 15 is 0 Å². The lowest BCUT2D eigenvalue weighted by Gasteiger charge is -2.11. The van der Waals surface area contributed by atoms with E-state index < -0.39 is 0 Å². The van der Waals surface area contributed by atoms with E-state index in [0.29, 0.717) is 11.4 Å². The molecule has 0 bridgehead atoms. The van der Waals surface area contributed by atoms with Gasteiger partial charge in [-0.1, -0.05) is 29.8 Å². The lowest BCUT2D eigenvalue weighted by Crippen LogP contribution is -2.39. The van der Waals surface area contributed by atoms with E-state index in [9.17, 15) is 4.79 Å². The van der Waals surface area contributed by atoms with Gasteiger partial charge in [-0.3, -0.25) is 4.79 Å². The van der Waals surface area contributed by atoms with Crippen molar-refractivity contribution in [2.45, 2.75) is 18.5 Å². The summed E-state index contributed by atoms with van der Waals surface area (Å²) in [6.07, 6.45) is 0.653. The van der Waals surface area contributed by atoms with E-state index in [1.54, 1.807) is 0 Å². The number of hydrogen-bond donors (Lipinski definition) is 3. The molecule has 114 valence electrons. The van der Waals surface area contributed by atoms with E-state index in [1.165, 1.54) is 0 Å². The third-order valence-corrected chi connectivity index (χ3v) is 4.68. The summed E-state index contributed by atoms with van der Waals surface area (Å²) < 4.78 is 1.13. The van der Waals surface area contributed by atoms with E-state index in [2.05, 4.69) is 38.8 Å². The predicted molar refractivity (Wildman–Crippen MR) is 96.7 cm³/mol. The maximum absolute atomic E-state index is 12.3. The fourth-order valence-electron chi connectivity index (χ4n) is 2.45. The molecular weight excluding hydrogens is 413 g/mol. The molecule has 2 atom stereocenters. The number of nitrogens with one attached hydrogen (secondary N) is 3. The lowest BCUT2D eigenvalue weighted by molar-refractivity contribution is -0.117. The summed E-state index contributed by atoms with van der Waals surface area (Å²) >= 11 is 8.44. The molecule has 0 aromatic heterocycles. The third-order valence-electron chi connectivity index (χ3n) is 3.61. The summed E-state index contributed by atoms with van der Waals surface area (Å²) in [6, 6.07) is 15.1. The monoisotopic (exact) mass is 427 g/mol. The highest BCUT2D eigenvalue weighted by Gasteiger charge is 2.31. The van der Waals surface area contributed by atoms with Gasteiger partial charge in [-0.15, -0.1) is 0 Å². The molecule has 3 N–H and O–H groups in total. The van der Waals surface area contributed by atoms with Crippen LogP contribution in [-0.2, 0) is 4.79 Å². The molecule has 1 fully saturated rings. The van der Waals surface area contributed by atoms with Crippen LogP contribution in [0.4, 0.5) is 5.69 Å². The van der Waals surface area contributed by atoms with Gasteiger partial charge in [-0.2, -0.15) is 0 Å². The zero-order valence-corrected chi connectivity index (χ0v) is 14.6. The molecule has 0 radical (unpaired) electrons. The van der Waals surface area contributed by atoms with Crippen LogP contribution in [0.25, 0.3) is 0 Å². The summed E-state index contributed by atoms with van der Waals surface area (Å²) in [5, 5.41) is 3.63. The number of carbonyl (C=O) groups is 1. The fourth-order valence-corrected chi connectivity index (χ4v) is 3.08. The van der Waals surface area contributed by atoms with Crippen molar-refractivity contribution in [2.75, 3.05) is 5.32 Å². The molecule has 1 amide bonds. The number of amides is 1. The van der Waals surface area contributed by atoms with E-state index in [4.69, 9.17) is 11.6 Å². The quantitative estimate of drug-likeness (QED) is 0.657. The Hall–Kier alpha value is -1.15. The summed E-state index contributed by atoms with van der Waals surface area (Å²) in [6.45, 7) is 0. The maximum Gasteiger partial charge on any atom is 0.242 e. The average Bonchev–Trinajstić information content (AvgIpc) is 3.00. The summed E-state index contributed by atoms with van der Waals surface area (Å²) in [5.74, 6) is -0.0525. The minimum atomic E-state index is -0.291. The molecule has 2 aromatic carbocycles. The van der Waals surface area contributed by atoms with Crippen LogP contribution in [0.3, 0.4) is 0 Å². The Balaban J connectivity index is 1.64. The zero-order chi connectivity index (χ0) is 15.5. The molecule has 1 aliphatic rings. The van der Waals surface area contributed by atoms with Crippen molar-refractivity contribution in [2.24, 2.45) is 0 Å². The summed E-state index contributed by atoms with van der Waals surface area (Å²) in [7, 11) is 0. The number of rotatable bonds is 3. The van der Waals surface area contributed by atoms with Crippen LogP contribution >= 0.6 is 34.2 Å². The Kier molecular flexibility index (Phi) is 4.97. The highest BCUT2D eigenvalue weighted by atomic mass is 127. The minimum Gasteiger partial charge on any atom is -0.325 e. The van der Waals surface area contributed by atoms with Gasteiger partial charge in [0, 0.05) is 20.3 Å². The third kappa shape index (κ3) is 3.60. The number of hydrogen-bond acceptors (Lipinski definition) is 3. The maximum atomic E-state index is 12.3. The van der Waals surface area contributed by atoms with Gasteiger partial charge in [0.15, 0.2) is 0 Å². The molecule has 0 saturated carbocycles. The normalized spacial score (nSPS) is 20.8. The molecule has 6 heteroatoms. The van der Waals surface area contributed by atoms with E-state index in [1.807, 2.05) is 48.5 Å². The smallest absolute Gasteiger partial charge is 0.242 e. The van der Waals surface area contributed by atoms with Crippen LogP contribution in [0.1, 0.15) is 18.0 Å². The van der Waals surface area contributed by atoms with Gasteiger partial charge in [0.05, 0.1) is 0 Å². The molecule has 4 nitrogen and oxygen atoms in total. The Morgan fingerprint density at radius 1 is 1.14 bits per heavy atom. The van der Waals surface area contributed by atoms with Crippen molar-refractivity contribution in [3.05, 3.63) is 62.7 Å². The van der Waals surface area contributed by atoms with Gasteiger partial charge >= 0.3 is 0 Å². The molecule has 3 rings (SSSR count). The number of benzene rings is 2. The van der Waals surface area contributed by atoms with Crippen LogP contribution in [-0.4, -0.2) is 11.9 Å². The van der Waals surface area contributed by atoms with Gasteiger partial charge in [-0.05, 0) is 64.9 Å². The Labute approximate surface area is 147 Å². The van der Waals surface area contributed by atoms with Crippen molar-refractivity contribution in [3.8, 4) is 0 Å². The van der Waals surface area contributed by atoms with Crippen molar-refractivity contribution >= 4 is 45.8 Å². The SMILES string of the molecule is O=C(Nc1ccc(I)cc1)C1CC(c2ccccc2Cl)NN1. The van der Waals surface area contributed by atoms with Crippen LogP contribution in [0.5, 0.6) is 0 Å². The molecule has 1 aliphatic heterocycles. The van der Waals surface area contributed by atoms with Crippen LogP contribution in [0.2, 0.25) is 5.02 Å². The van der Waals surface area contributed by atoms with Gasteiger partial charge in [0.25, 0.3) is 0 Å². The van der Waals surface area contributed by atoms with Gasteiger partial charge in [0.2, 0.25) is 5.91 Å². The summed E-state index contributed by atoms with van der Waals surface area (Å²) in [4.78, 5) is 12.3. The predicted octanol–water partition coefficient (Wildman–Crippen LogP) is 3.49. The van der Waals surface area contributed by atoms with Crippen molar-refractivity contribution in [3.63, 3.8) is 0 Å². The number of hydrazine groups is 1. The van der Waals surface area contributed by atoms with Gasteiger partial charge in [-0.25, -0.2) is 10.9 Å². The molecule has 0 spiro atoms. The van der Waals surface area contributed by atoms with E-state index in [-0.39, 0.29) is 18.0 Å². The largest absolute Gasteiger partial charge is 0.325 e.